The topological polar surface area (TPSA) is 21.3 Å². The lowest BCUT2D eigenvalue weighted by atomic mass is 9.78. The smallest absolute Gasteiger partial charge is 0.119 e. The zero-order valence-electron chi connectivity index (χ0n) is 12.8. The molecule has 110 valence electrons. The Morgan fingerprint density at radius 3 is 2.70 bits per heavy atom. The molecule has 1 aliphatic carbocycles. The minimum atomic E-state index is 0.565. The van der Waals surface area contributed by atoms with Gasteiger partial charge in [0.1, 0.15) is 12.4 Å². The van der Waals surface area contributed by atoms with Gasteiger partial charge < -0.3 is 10.1 Å². The molecule has 0 aromatic heterocycles. The van der Waals surface area contributed by atoms with Gasteiger partial charge in [0.2, 0.25) is 0 Å². The van der Waals surface area contributed by atoms with Gasteiger partial charge in [-0.15, -0.1) is 0 Å². The monoisotopic (exact) mass is 273 g/mol. The van der Waals surface area contributed by atoms with Crippen LogP contribution in [-0.4, -0.2) is 12.6 Å². The fraction of sp³-hybridized carbons (Fsp3) is 0.556. The average Bonchev–Trinajstić information content (AvgIpc) is 2.48. The van der Waals surface area contributed by atoms with Crippen LogP contribution in [-0.2, 0) is 6.54 Å². The van der Waals surface area contributed by atoms with Crippen molar-refractivity contribution in [2.75, 3.05) is 6.61 Å². The van der Waals surface area contributed by atoms with Gasteiger partial charge in [0.25, 0.3) is 0 Å². The number of hydrogen-bond acceptors (Lipinski definition) is 2. The standard InChI is InChI=1S/C18H27NO/c1-4-12-20-17-10-8-16(9-11-17)13-19-18-7-5-6-14(2)15(18)3/h4,8-11,14-15,18-19H,1,5-7,12-13H2,2-3H3. The normalized spacial score (nSPS) is 26.2. The van der Waals surface area contributed by atoms with Crippen molar-refractivity contribution in [1.82, 2.24) is 5.32 Å². The van der Waals surface area contributed by atoms with Crippen LogP contribution in [0.2, 0.25) is 0 Å². The predicted octanol–water partition coefficient (Wildman–Crippen LogP) is 4.17. The lowest BCUT2D eigenvalue weighted by Gasteiger charge is -2.34. The molecule has 1 aliphatic rings. The Kier molecular flexibility index (Phi) is 5.66. The molecule has 1 N–H and O–H groups in total. The second kappa shape index (κ2) is 7.49. The number of rotatable bonds is 6. The summed E-state index contributed by atoms with van der Waals surface area (Å²) in [5.41, 5.74) is 1.32. The molecule has 1 aromatic rings. The highest BCUT2D eigenvalue weighted by molar-refractivity contribution is 5.27. The Labute approximate surface area is 123 Å². The van der Waals surface area contributed by atoms with Crippen molar-refractivity contribution in [1.29, 1.82) is 0 Å². The molecule has 0 aliphatic heterocycles. The third-order valence-corrected chi connectivity index (χ3v) is 4.57. The summed E-state index contributed by atoms with van der Waals surface area (Å²) >= 11 is 0. The Morgan fingerprint density at radius 1 is 1.25 bits per heavy atom. The van der Waals surface area contributed by atoms with Crippen LogP contribution < -0.4 is 10.1 Å². The van der Waals surface area contributed by atoms with Gasteiger partial charge in [0.15, 0.2) is 0 Å². The van der Waals surface area contributed by atoms with Gasteiger partial charge in [0.05, 0.1) is 0 Å². The maximum Gasteiger partial charge on any atom is 0.119 e. The second-order valence-corrected chi connectivity index (χ2v) is 6.00. The summed E-state index contributed by atoms with van der Waals surface area (Å²) < 4.78 is 5.50. The first-order chi connectivity index (χ1) is 9.70. The van der Waals surface area contributed by atoms with Crippen LogP contribution in [0.1, 0.15) is 38.7 Å². The van der Waals surface area contributed by atoms with Crippen molar-refractivity contribution >= 4 is 0 Å². The largest absolute Gasteiger partial charge is 0.490 e. The minimum absolute atomic E-state index is 0.565. The molecule has 2 nitrogen and oxygen atoms in total. The molecule has 1 fully saturated rings. The summed E-state index contributed by atoms with van der Waals surface area (Å²) in [6.45, 7) is 9.93. The van der Waals surface area contributed by atoms with E-state index in [9.17, 15) is 0 Å². The van der Waals surface area contributed by atoms with Crippen LogP contribution in [0, 0.1) is 11.8 Å². The molecule has 0 bridgehead atoms. The molecule has 2 rings (SSSR count). The first kappa shape index (κ1) is 15.1. The lowest BCUT2D eigenvalue weighted by Crippen LogP contribution is -2.40. The molecule has 1 aromatic carbocycles. The Balaban J connectivity index is 1.82. The summed E-state index contributed by atoms with van der Waals surface area (Å²) in [7, 11) is 0. The zero-order valence-corrected chi connectivity index (χ0v) is 12.8. The quantitative estimate of drug-likeness (QED) is 0.786. The van der Waals surface area contributed by atoms with Crippen LogP contribution in [0.4, 0.5) is 0 Å². The molecular weight excluding hydrogens is 246 g/mol. The van der Waals surface area contributed by atoms with Crippen LogP contribution in [0.25, 0.3) is 0 Å². The highest BCUT2D eigenvalue weighted by Crippen LogP contribution is 2.29. The Morgan fingerprint density at radius 2 is 2.00 bits per heavy atom. The predicted molar refractivity (Wildman–Crippen MR) is 84.9 cm³/mol. The third kappa shape index (κ3) is 4.11. The summed E-state index contributed by atoms with van der Waals surface area (Å²) in [5, 5.41) is 3.72. The fourth-order valence-corrected chi connectivity index (χ4v) is 2.98. The molecule has 0 saturated heterocycles. The first-order valence-electron chi connectivity index (χ1n) is 7.76. The number of nitrogens with one attached hydrogen (secondary N) is 1. The van der Waals surface area contributed by atoms with E-state index >= 15 is 0 Å². The van der Waals surface area contributed by atoms with Crippen LogP contribution in [0.5, 0.6) is 5.75 Å². The highest BCUT2D eigenvalue weighted by atomic mass is 16.5. The van der Waals surface area contributed by atoms with Gasteiger partial charge in [-0.05, 0) is 36.0 Å². The molecule has 0 heterocycles. The minimum Gasteiger partial charge on any atom is -0.490 e. The van der Waals surface area contributed by atoms with Crippen LogP contribution in [0.15, 0.2) is 36.9 Å². The van der Waals surface area contributed by atoms with E-state index in [1.54, 1.807) is 6.08 Å². The average molecular weight is 273 g/mol. The van der Waals surface area contributed by atoms with Crippen molar-refractivity contribution in [2.24, 2.45) is 11.8 Å². The second-order valence-electron chi connectivity index (χ2n) is 6.00. The SMILES string of the molecule is C=CCOc1ccc(CNC2CCCC(C)C2C)cc1. The molecule has 3 atom stereocenters. The summed E-state index contributed by atoms with van der Waals surface area (Å²) in [6.07, 6.45) is 5.82. The van der Waals surface area contributed by atoms with E-state index in [4.69, 9.17) is 4.74 Å². The molecule has 20 heavy (non-hydrogen) atoms. The van der Waals surface area contributed by atoms with Crippen molar-refractivity contribution in [2.45, 2.75) is 45.7 Å². The molecule has 0 spiro atoms. The summed E-state index contributed by atoms with van der Waals surface area (Å²) in [5.74, 6) is 2.53. The summed E-state index contributed by atoms with van der Waals surface area (Å²) in [6, 6.07) is 9.02. The van der Waals surface area contributed by atoms with E-state index in [0.717, 1.165) is 24.1 Å². The third-order valence-electron chi connectivity index (χ3n) is 4.57. The van der Waals surface area contributed by atoms with Gasteiger partial charge in [0, 0.05) is 12.6 Å². The van der Waals surface area contributed by atoms with Gasteiger partial charge in [-0.2, -0.15) is 0 Å². The van der Waals surface area contributed by atoms with E-state index in [1.165, 1.54) is 24.8 Å². The van der Waals surface area contributed by atoms with E-state index in [0.29, 0.717) is 12.6 Å². The lowest BCUT2D eigenvalue weighted by molar-refractivity contribution is 0.206. The number of hydrogen-bond donors (Lipinski definition) is 1. The number of ether oxygens (including phenoxy) is 1. The summed E-state index contributed by atoms with van der Waals surface area (Å²) in [4.78, 5) is 0. The van der Waals surface area contributed by atoms with Crippen LogP contribution >= 0.6 is 0 Å². The van der Waals surface area contributed by atoms with Gasteiger partial charge in [-0.25, -0.2) is 0 Å². The maximum absolute atomic E-state index is 5.50. The molecular formula is C18H27NO. The van der Waals surface area contributed by atoms with E-state index in [1.807, 2.05) is 12.1 Å². The van der Waals surface area contributed by atoms with Crippen molar-refractivity contribution in [3.8, 4) is 5.75 Å². The molecule has 1 saturated carbocycles. The van der Waals surface area contributed by atoms with Crippen LogP contribution in [0.3, 0.4) is 0 Å². The first-order valence-corrected chi connectivity index (χ1v) is 7.76. The van der Waals surface area contributed by atoms with E-state index < -0.39 is 0 Å². The molecule has 0 radical (unpaired) electrons. The molecule has 3 unspecified atom stereocenters. The highest BCUT2D eigenvalue weighted by Gasteiger charge is 2.26. The fourth-order valence-electron chi connectivity index (χ4n) is 2.98. The molecule has 2 heteroatoms. The zero-order chi connectivity index (χ0) is 14.4. The van der Waals surface area contributed by atoms with Gasteiger partial charge in [-0.1, -0.05) is 51.5 Å². The van der Waals surface area contributed by atoms with Crippen molar-refractivity contribution in [3.63, 3.8) is 0 Å². The van der Waals surface area contributed by atoms with Crippen molar-refractivity contribution < 1.29 is 4.74 Å². The van der Waals surface area contributed by atoms with E-state index in [-0.39, 0.29) is 0 Å². The maximum atomic E-state index is 5.50. The van der Waals surface area contributed by atoms with E-state index in [2.05, 4.69) is 37.9 Å². The Bertz CT molecular complexity index is 412. The molecule has 0 amide bonds. The van der Waals surface area contributed by atoms with Gasteiger partial charge in [-0.3, -0.25) is 0 Å². The van der Waals surface area contributed by atoms with Crippen molar-refractivity contribution in [3.05, 3.63) is 42.5 Å². The van der Waals surface area contributed by atoms with Gasteiger partial charge >= 0.3 is 0 Å². The number of benzene rings is 1. The Hall–Kier alpha value is -1.28.